The maximum Gasteiger partial charge on any atom is 0.320 e. The van der Waals surface area contributed by atoms with Crippen LogP contribution in [0.5, 0.6) is 0 Å². The van der Waals surface area contributed by atoms with Crippen LogP contribution in [0.15, 0.2) is 0 Å². The smallest absolute Gasteiger partial charge is 0.320 e. The molecule has 1 rings (SSSR count). The second-order valence-electron chi connectivity index (χ2n) is 5.04. The van der Waals surface area contributed by atoms with E-state index in [2.05, 4.69) is 0 Å². The number of nitrogens with zero attached hydrogens (tertiary/aromatic N) is 1. The van der Waals surface area contributed by atoms with Crippen LogP contribution in [0.3, 0.4) is 0 Å². The number of aliphatic carboxylic acids is 1. The molecule has 1 atom stereocenters. The minimum atomic E-state index is -0.686. The molecule has 1 N–H and O–H groups in total. The molecule has 0 bridgehead atoms. The van der Waals surface area contributed by atoms with Gasteiger partial charge in [-0.3, -0.25) is 9.69 Å². The fourth-order valence-corrected chi connectivity index (χ4v) is 2.69. The Bertz CT molecular complexity index is 212. The van der Waals surface area contributed by atoms with Gasteiger partial charge in [-0.25, -0.2) is 0 Å². The largest absolute Gasteiger partial charge is 0.480 e. The van der Waals surface area contributed by atoms with E-state index in [0.29, 0.717) is 6.42 Å². The third-order valence-electron chi connectivity index (χ3n) is 3.82. The number of hydrogen-bond acceptors (Lipinski definition) is 2. The summed E-state index contributed by atoms with van der Waals surface area (Å²) >= 11 is 0. The molecule has 0 aromatic rings. The molecule has 0 aromatic heterocycles. The summed E-state index contributed by atoms with van der Waals surface area (Å²) in [4.78, 5) is 13.0. The maximum absolute atomic E-state index is 11.0. The van der Waals surface area contributed by atoms with Crippen molar-refractivity contribution in [2.45, 2.75) is 57.9 Å². The predicted octanol–water partition coefficient (Wildman–Crippen LogP) is 2.75. The Kier molecular flexibility index (Phi) is 5.81. The van der Waals surface area contributed by atoms with Gasteiger partial charge in [0.25, 0.3) is 0 Å². The maximum atomic E-state index is 11.0. The minimum absolute atomic E-state index is 0.302. The van der Waals surface area contributed by atoms with Gasteiger partial charge in [0, 0.05) is 0 Å². The highest BCUT2D eigenvalue weighted by atomic mass is 16.4. The molecule has 1 aliphatic rings. The van der Waals surface area contributed by atoms with Crippen molar-refractivity contribution in [3.8, 4) is 0 Å². The molecule has 3 heteroatoms. The molecule has 0 radical (unpaired) electrons. The van der Waals surface area contributed by atoms with Crippen LogP contribution in [-0.2, 0) is 4.79 Å². The molecule has 0 spiro atoms. The molecule has 94 valence electrons. The van der Waals surface area contributed by atoms with Crippen LogP contribution < -0.4 is 0 Å². The van der Waals surface area contributed by atoms with Gasteiger partial charge in [0.1, 0.15) is 6.04 Å². The standard InChI is InChI=1S/C13H25NO2/c1-3-12(13(15)16)14(2)10-9-11-7-5-4-6-8-11/h11-12H,3-10H2,1-2H3,(H,15,16). The summed E-state index contributed by atoms with van der Waals surface area (Å²) in [6, 6.07) is -0.302. The second kappa shape index (κ2) is 6.89. The monoisotopic (exact) mass is 227 g/mol. The number of rotatable bonds is 6. The molecule has 0 heterocycles. The van der Waals surface area contributed by atoms with Crippen molar-refractivity contribution in [1.82, 2.24) is 4.90 Å². The Morgan fingerprint density at radius 2 is 2.00 bits per heavy atom. The van der Waals surface area contributed by atoms with Crippen molar-refractivity contribution < 1.29 is 9.90 Å². The first-order valence-corrected chi connectivity index (χ1v) is 6.58. The topological polar surface area (TPSA) is 40.5 Å². The van der Waals surface area contributed by atoms with Crippen LogP contribution in [0.1, 0.15) is 51.9 Å². The zero-order valence-electron chi connectivity index (χ0n) is 10.6. The third kappa shape index (κ3) is 4.12. The Morgan fingerprint density at radius 3 is 2.50 bits per heavy atom. The van der Waals surface area contributed by atoms with E-state index in [-0.39, 0.29) is 6.04 Å². The van der Waals surface area contributed by atoms with Gasteiger partial charge >= 0.3 is 5.97 Å². The highest BCUT2D eigenvalue weighted by Crippen LogP contribution is 2.26. The summed E-state index contributed by atoms with van der Waals surface area (Å²) in [6.07, 6.45) is 8.67. The molecule has 0 amide bonds. The van der Waals surface area contributed by atoms with Gasteiger partial charge < -0.3 is 5.11 Å². The van der Waals surface area contributed by atoms with Gasteiger partial charge in [-0.05, 0) is 32.4 Å². The number of hydrogen-bond donors (Lipinski definition) is 1. The molecule has 16 heavy (non-hydrogen) atoms. The van der Waals surface area contributed by atoms with Gasteiger partial charge in [-0.15, -0.1) is 0 Å². The molecule has 1 fully saturated rings. The van der Waals surface area contributed by atoms with E-state index in [1.807, 2.05) is 18.9 Å². The normalized spacial score (nSPS) is 19.9. The molecular formula is C13H25NO2. The summed E-state index contributed by atoms with van der Waals surface area (Å²) < 4.78 is 0. The average molecular weight is 227 g/mol. The van der Waals surface area contributed by atoms with Gasteiger partial charge in [-0.1, -0.05) is 39.0 Å². The Labute approximate surface area is 98.8 Å². The summed E-state index contributed by atoms with van der Waals surface area (Å²) in [7, 11) is 1.94. The van der Waals surface area contributed by atoms with Gasteiger partial charge in [0.05, 0.1) is 0 Å². The van der Waals surface area contributed by atoms with Crippen molar-refractivity contribution in [2.24, 2.45) is 5.92 Å². The molecule has 1 unspecified atom stereocenters. The van der Waals surface area contributed by atoms with E-state index < -0.39 is 5.97 Å². The van der Waals surface area contributed by atoms with E-state index in [1.54, 1.807) is 0 Å². The van der Waals surface area contributed by atoms with Crippen molar-refractivity contribution in [1.29, 1.82) is 0 Å². The lowest BCUT2D eigenvalue weighted by Gasteiger charge is -2.27. The lowest BCUT2D eigenvalue weighted by atomic mass is 9.87. The zero-order valence-corrected chi connectivity index (χ0v) is 10.6. The van der Waals surface area contributed by atoms with E-state index in [9.17, 15) is 4.79 Å². The zero-order chi connectivity index (χ0) is 12.0. The quantitative estimate of drug-likeness (QED) is 0.758. The van der Waals surface area contributed by atoms with Crippen LogP contribution in [0, 0.1) is 5.92 Å². The van der Waals surface area contributed by atoms with Crippen LogP contribution in [-0.4, -0.2) is 35.6 Å². The third-order valence-corrected chi connectivity index (χ3v) is 3.82. The van der Waals surface area contributed by atoms with Crippen molar-refractivity contribution in [3.63, 3.8) is 0 Å². The summed E-state index contributed by atoms with van der Waals surface area (Å²) in [6.45, 7) is 2.87. The Morgan fingerprint density at radius 1 is 1.38 bits per heavy atom. The summed E-state index contributed by atoms with van der Waals surface area (Å²) in [5.74, 6) is 0.149. The second-order valence-corrected chi connectivity index (χ2v) is 5.04. The SMILES string of the molecule is CCC(C(=O)O)N(C)CCC1CCCCC1. The lowest BCUT2D eigenvalue weighted by molar-refractivity contribution is -0.142. The average Bonchev–Trinajstić information content (AvgIpc) is 2.28. The number of carboxylic acids is 1. The fraction of sp³-hybridized carbons (Fsp3) is 0.923. The first-order chi connectivity index (χ1) is 7.65. The number of likely N-dealkylation sites (N-methyl/N-ethyl adjacent to an activating group) is 1. The van der Waals surface area contributed by atoms with Crippen LogP contribution in [0.2, 0.25) is 0 Å². The summed E-state index contributed by atoms with van der Waals surface area (Å²) in [5.41, 5.74) is 0. The molecule has 0 aromatic carbocycles. The van der Waals surface area contributed by atoms with E-state index in [1.165, 1.54) is 38.5 Å². The Hall–Kier alpha value is -0.570. The summed E-state index contributed by atoms with van der Waals surface area (Å²) in [5, 5.41) is 9.04. The minimum Gasteiger partial charge on any atom is -0.480 e. The van der Waals surface area contributed by atoms with Gasteiger partial charge in [-0.2, -0.15) is 0 Å². The molecule has 0 aliphatic heterocycles. The van der Waals surface area contributed by atoms with E-state index in [4.69, 9.17) is 5.11 Å². The number of carboxylic acid groups (broad SMARTS) is 1. The first-order valence-electron chi connectivity index (χ1n) is 6.58. The van der Waals surface area contributed by atoms with E-state index >= 15 is 0 Å². The number of carbonyl (C=O) groups is 1. The Balaban J connectivity index is 2.27. The molecule has 3 nitrogen and oxygen atoms in total. The van der Waals surface area contributed by atoms with Crippen molar-refractivity contribution in [2.75, 3.05) is 13.6 Å². The van der Waals surface area contributed by atoms with Gasteiger partial charge in [0.2, 0.25) is 0 Å². The van der Waals surface area contributed by atoms with Gasteiger partial charge in [0.15, 0.2) is 0 Å². The molecule has 0 saturated heterocycles. The highest BCUT2D eigenvalue weighted by Gasteiger charge is 2.21. The highest BCUT2D eigenvalue weighted by molar-refractivity contribution is 5.73. The van der Waals surface area contributed by atoms with Crippen molar-refractivity contribution in [3.05, 3.63) is 0 Å². The molecular weight excluding hydrogens is 202 g/mol. The first kappa shape index (κ1) is 13.5. The van der Waals surface area contributed by atoms with Crippen LogP contribution in [0.25, 0.3) is 0 Å². The van der Waals surface area contributed by atoms with E-state index in [0.717, 1.165) is 12.5 Å². The lowest BCUT2D eigenvalue weighted by Crippen LogP contribution is -2.39. The van der Waals surface area contributed by atoms with Crippen LogP contribution >= 0.6 is 0 Å². The van der Waals surface area contributed by atoms with Crippen LogP contribution in [0.4, 0.5) is 0 Å². The molecule has 1 aliphatic carbocycles. The fourth-order valence-electron chi connectivity index (χ4n) is 2.69. The molecule has 1 saturated carbocycles. The predicted molar refractivity (Wildman–Crippen MR) is 65.5 cm³/mol. The van der Waals surface area contributed by atoms with Crippen molar-refractivity contribution >= 4 is 5.97 Å².